The minimum Gasteiger partial charge on any atom is -0.393 e. The third-order valence-electron chi connectivity index (χ3n) is 18.6. The third kappa shape index (κ3) is 16.6. The Hall–Kier alpha value is -2.33. The van der Waals surface area contributed by atoms with E-state index in [9.17, 15) is 28.2 Å². The summed E-state index contributed by atoms with van der Waals surface area (Å²) in [6.45, 7) is 23.4. The molecule has 0 saturated heterocycles. The molecule has 9 heteroatoms. The molecule has 0 aromatic heterocycles. The van der Waals surface area contributed by atoms with E-state index < -0.39 is 17.2 Å². The smallest absolute Gasteiger partial charge is 0.393 e. The first kappa shape index (κ1) is 57.9. The van der Waals surface area contributed by atoms with Crippen molar-refractivity contribution in [3.63, 3.8) is 0 Å². The topological polar surface area (TPSA) is 95.6 Å². The summed E-state index contributed by atoms with van der Waals surface area (Å²) >= 11 is -0.201. The Morgan fingerprint density at radius 1 is 0.775 bits per heavy atom. The van der Waals surface area contributed by atoms with Gasteiger partial charge in [-0.15, -0.1) is 0 Å². The van der Waals surface area contributed by atoms with Gasteiger partial charge in [-0.3, -0.25) is 4.79 Å². The number of amides is 1. The summed E-state index contributed by atoms with van der Waals surface area (Å²) in [7, 11) is 0. The number of benzene rings is 1. The molecule has 1 amide bonds. The van der Waals surface area contributed by atoms with Crippen molar-refractivity contribution in [2.75, 3.05) is 0 Å². The van der Waals surface area contributed by atoms with E-state index in [1.807, 2.05) is 13.8 Å². The van der Waals surface area contributed by atoms with Gasteiger partial charge in [-0.2, -0.15) is 13.2 Å². The largest absolute Gasteiger partial charge is 0.446 e. The lowest BCUT2D eigenvalue weighted by atomic mass is 9.60. The van der Waals surface area contributed by atoms with Gasteiger partial charge in [0.05, 0.1) is 11.7 Å². The molecule has 6 saturated carbocycles. The summed E-state index contributed by atoms with van der Waals surface area (Å²) < 4.78 is 37.8. The molecule has 0 heterocycles. The van der Waals surface area contributed by atoms with Crippen molar-refractivity contribution in [2.24, 2.45) is 63.4 Å². The summed E-state index contributed by atoms with van der Waals surface area (Å²) in [5.41, 5.74) is 8.94. The number of fused-ring (bicyclic) bond motifs is 2. The molecule has 1 aromatic rings. The number of nitrogens with two attached hydrogens (primary N) is 1. The quantitative estimate of drug-likeness (QED) is 0.139. The van der Waals surface area contributed by atoms with Crippen molar-refractivity contribution in [1.29, 1.82) is 0 Å². The van der Waals surface area contributed by atoms with E-state index in [0.29, 0.717) is 64.9 Å². The Balaban J connectivity index is 0.000000249. The van der Waals surface area contributed by atoms with Crippen LogP contribution >= 0.6 is 11.8 Å². The van der Waals surface area contributed by atoms with E-state index >= 15 is 0 Å². The molecule has 0 aliphatic heterocycles. The van der Waals surface area contributed by atoms with E-state index in [4.69, 9.17) is 5.73 Å². The highest BCUT2D eigenvalue weighted by Crippen LogP contribution is 2.61. The van der Waals surface area contributed by atoms with Gasteiger partial charge in [0, 0.05) is 22.5 Å². The number of hydrogen-bond acceptors (Lipinski definition) is 5. The highest BCUT2D eigenvalue weighted by molar-refractivity contribution is 8.00. The summed E-state index contributed by atoms with van der Waals surface area (Å²) in [6.07, 6.45) is 34.5. The Morgan fingerprint density at radius 2 is 1.30 bits per heavy atom. The Labute approximate surface area is 433 Å². The van der Waals surface area contributed by atoms with Crippen molar-refractivity contribution in [1.82, 2.24) is 5.32 Å². The average Bonchev–Trinajstić information content (AvgIpc) is 3.80. The SMILES string of the molecule is C[C@@H]1C/C(=C/C=C2\CCC[C@]3(C)[C@@H]([C@H](C)CCCC(C)(C)C)CC[C@@H]23)C[C@@H](N)C1.C[C@H](CCCC(C)(C)O)[C@H]1CC[C@H]2/C(=C/C=C3/C[C@@H](O)C[C@H](NC(=O)c4ccc(SC(F)(F)F)cc4)C3)CCC[C@]12C. The molecule has 400 valence electrons. The first-order valence-corrected chi connectivity index (χ1v) is 29.1. The van der Waals surface area contributed by atoms with E-state index in [2.05, 4.69) is 85.0 Å². The Bertz CT molecular complexity index is 2010. The molecule has 5 nitrogen and oxygen atoms in total. The van der Waals surface area contributed by atoms with Crippen molar-refractivity contribution in [3.05, 3.63) is 76.4 Å². The van der Waals surface area contributed by atoms with Crippen LogP contribution in [0.5, 0.6) is 0 Å². The maximum atomic E-state index is 12.8. The van der Waals surface area contributed by atoms with Gasteiger partial charge in [0.2, 0.25) is 0 Å². The molecule has 6 aliphatic rings. The van der Waals surface area contributed by atoms with Crippen LogP contribution in [0.15, 0.2) is 75.8 Å². The van der Waals surface area contributed by atoms with Gasteiger partial charge in [0.15, 0.2) is 0 Å². The van der Waals surface area contributed by atoms with Crippen LogP contribution in [0, 0.1) is 57.7 Å². The lowest BCUT2D eigenvalue weighted by molar-refractivity contribution is -0.0328. The molecular formula is C62H97F3N2O3S. The lowest BCUT2D eigenvalue weighted by Crippen LogP contribution is -2.40. The van der Waals surface area contributed by atoms with Crippen LogP contribution in [0.2, 0.25) is 0 Å². The van der Waals surface area contributed by atoms with E-state index in [-0.39, 0.29) is 28.6 Å². The number of aliphatic hydroxyl groups is 2. The van der Waals surface area contributed by atoms with E-state index in [1.54, 1.807) is 11.1 Å². The van der Waals surface area contributed by atoms with Crippen molar-refractivity contribution >= 4 is 17.7 Å². The molecular weight excluding hydrogens is 910 g/mol. The molecule has 0 radical (unpaired) electrons. The number of thioether (sulfide) groups is 1. The van der Waals surface area contributed by atoms with Gasteiger partial charge in [-0.05, 0) is 223 Å². The van der Waals surface area contributed by atoms with Crippen LogP contribution in [0.3, 0.4) is 0 Å². The molecule has 6 aliphatic carbocycles. The third-order valence-corrected chi connectivity index (χ3v) is 19.4. The molecule has 1 aromatic carbocycles. The van der Waals surface area contributed by atoms with Crippen LogP contribution in [0.25, 0.3) is 0 Å². The zero-order chi connectivity index (χ0) is 51.9. The molecule has 0 unspecified atom stereocenters. The predicted molar refractivity (Wildman–Crippen MR) is 291 cm³/mol. The Morgan fingerprint density at radius 3 is 1.79 bits per heavy atom. The number of carbonyl (C=O) groups excluding carboxylic acids is 1. The molecule has 0 spiro atoms. The monoisotopic (exact) mass is 1010 g/mol. The lowest BCUT2D eigenvalue weighted by Gasteiger charge is -2.44. The standard InChI is InChI=1S/C34H48F3NO3S.C28H49N/c1-22(7-5-17-32(2,3)41)29-15-16-30-24(8-6-18-33(29,30)4)10-9-23-19-26(21-27(39)20-23)38-31(40)25-11-13-28(14-12-25)42-34(35,36)37;1-20-17-22(19-24(29)18-20)11-12-23-10-8-16-28(6)25(13-14-26(23)28)21(2)9-7-15-27(3,4)5/h9-14,22,26-27,29-30,39,41H,5-8,15-21H2,1-4H3,(H,38,40);11-12,20-21,24-26H,7-10,13-19,29H2,1-6H3/b23-9+,24-10+;22-11-,23-12+/t22-,26-,27-,29-,30+,33-;20-,21-,24+,25-,26+,28-/m11/s1. The maximum Gasteiger partial charge on any atom is 0.446 e. The van der Waals surface area contributed by atoms with Gasteiger partial charge in [-0.25, -0.2) is 0 Å². The summed E-state index contributed by atoms with van der Waals surface area (Å²) in [4.78, 5) is 12.9. The van der Waals surface area contributed by atoms with E-state index in [1.165, 1.54) is 120 Å². The average molecular weight is 1010 g/mol. The minimum atomic E-state index is -4.37. The highest BCUT2D eigenvalue weighted by atomic mass is 32.2. The van der Waals surface area contributed by atoms with Gasteiger partial charge >= 0.3 is 5.51 Å². The molecule has 5 N–H and O–H groups in total. The van der Waals surface area contributed by atoms with Crippen LogP contribution in [-0.2, 0) is 0 Å². The fourth-order valence-corrected chi connectivity index (χ4v) is 15.8. The maximum absolute atomic E-state index is 12.8. The van der Waals surface area contributed by atoms with E-state index in [0.717, 1.165) is 61.3 Å². The van der Waals surface area contributed by atoms with Crippen molar-refractivity contribution < 1.29 is 28.2 Å². The number of aliphatic hydroxyl groups excluding tert-OH is 1. The molecule has 12 atom stereocenters. The van der Waals surface area contributed by atoms with Crippen LogP contribution in [-0.4, -0.2) is 45.4 Å². The minimum absolute atomic E-state index is 0.0398. The van der Waals surface area contributed by atoms with Gasteiger partial charge in [-0.1, -0.05) is 128 Å². The second-order valence-corrected chi connectivity index (χ2v) is 27.6. The molecule has 71 heavy (non-hydrogen) atoms. The molecule has 7 rings (SSSR count). The first-order valence-electron chi connectivity index (χ1n) is 28.3. The number of halogens is 3. The second-order valence-electron chi connectivity index (χ2n) is 26.5. The highest BCUT2D eigenvalue weighted by Gasteiger charge is 2.52. The number of rotatable bonds is 14. The molecule has 0 bridgehead atoms. The number of allylic oxidation sites excluding steroid dienone is 6. The fourth-order valence-electron chi connectivity index (χ4n) is 15.3. The number of hydrogen-bond donors (Lipinski definition) is 4. The number of nitrogens with one attached hydrogen (secondary N) is 1. The van der Waals surface area contributed by atoms with Gasteiger partial charge < -0.3 is 21.3 Å². The first-order chi connectivity index (χ1) is 33.2. The zero-order valence-electron chi connectivity index (χ0n) is 45.9. The summed E-state index contributed by atoms with van der Waals surface area (Å²) in [5.74, 6) is 4.95. The van der Waals surface area contributed by atoms with Crippen molar-refractivity contribution in [2.45, 2.75) is 245 Å². The van der Waals surface area contributed by atoms with Crippen LogP contribution in [0.1, 0.15) is 221 Å². The Kier molecular flexibility index (Phi) is 20.0. The van der Waals surface area contributed by atoms with Gasteiger partial charge in [0.25, 0.3) is 5.91 Å². The normalized spacial score (nSPS) is 34.7. The van der Waals surface area contributed by atoms with Crippen molar-refractivity contribution in [3.8, 4) is 0 Å². The fraction of sp³-hybridized carbons (Fsp3) is 0.758. The van der Waals surface area contributed by atoms with Crippen LogP contribution < -0.4 is 11.1 Å². The predicted octanol–water partition coefficient (Wildman–Crippen LogP) is 16.6. The number of alkyl halides is 3. The number of carbonyl (C=O) groups is 1. The summed E-state index contributed by atoms with van der Waals surface area (Å²) in [5, 5.41) is 23.7. The molecule has 6 fully saturated rings. The second kappa shape index (κ2) is 24.6. The summed E-state index contributed by atoms with van der Waals surface area (Å²) in [6, 6.07) is 5.59. The van der Waals surface area contributed by atoms with Gasteiger partial charge in [0.1, 0.15) is 0 Å². The zero-order valence-corrected chi connectivity index (χ0v) is 46.7. The van der Waals surface area contributed by atoms with Crippen LogP contribution in [0.4, 0.5) is 13.2 Å².